The largest absolute Gasteiger partial charge is 0.317 e. The van der Waals surface area contributed by atoms with Crippen molar-refractivity contribution in [2.24, 2.45) is 10.9 Å². The molecule has 0 aromatic heterocycles. The van der Waals surface area contributed by atoms with Gasteiger partial charge in [0.25, 0.3) is 0 Å². The SMILES string of the molecule is C.C1=C(C2CCNCC2)CN=C1c1ccccc1. The Morgan fingerprint density at radius 3 is 2.50 bits per heavy atom. The van der Waals surface area contributed by atoms with E-state index in [1.807, 2.05) is 0 Å². The predicted molar refractivity (Wildman–Crippen MR) is 78.3 cm³/mol. The van der Waals surface area contributed by atoms with Gasteiger partial charge in [-0.05, 0) is 49.1 Å². The molecule has 0 saturated carbocycles. The maximum absolute atomic E-state index is 4.67. The van der Waals surface area contributed by atoms with Gasteiger partial charge in [0.2, 0.25) is 0 Å². The van der Waals surface area contributed by atoms with E-state index in [-0.39, 0.29) is 7.43 Å². The highest BCUT2D eigenvalue weighted by Crippen LogP contribution is 2.25. The number of allylic oxidation sites excluding steroid dienone is 1. The lowest BCUT2D eigenvalue weighted by atomic mass is 9.89. The van der Waals surface area contributed by atoms with Gasteiger partial charge in [-0.3, -0.25) is 4.99 Å². The van der Waals surface area contributed by atoms with E-state index in [2.05, 4.69) is 46.7 Å². The van der Waals surface area contributed by atoms with E-state index >= 15 is 0 Å². The minimum Gasteiger partial charge on any atom is -0.317 e. The summed E-state index contributed by atoms with van der Waals surface area (Å²) in [4.78, 5) is 4.67. The van der Waals surface area contributed by atoms with Gasteiger partial charge in [-0.25, -0.2) is 0 Å². The number of benzene rings is 1. The Balaban J connectivity index is 0.00000120. The second-order valence-corrected chi connectivity index (χ2v) is 4.81. The lowest BCUT2D eigenvalue weighted by Crippen LogP contribution is -2.28. The van der Waals surface area contributed by atoms with Gasteiger partial charge in [-0.1, -0.05) is 37.8 Å². The first-order chi connectivity index (χ1) is 8.43. The molecule has 2 aliphatic heterocycles. The molecule has 2 nitrogen and oxygen atoms in total. The summed E-state index contributed by atoms with van der Waals surface area (Å²) in [7, 11) is 0. The molecular weight excluding hydrogens is 220 g/mol. The van der Waals surface area contributed by atoms with E-state index in [1.165, 1.54) is 29.7 Å². The molecule has 1 aromatic rings. The summed E-state index contributed by atoms with van der Waals surface area (Å²) in [5, 5.41) is 3.42. The lowest BCUT2D eigenvalue weighted by molar-refractivity contribution is 0.418. The average Bonchev–Trinajstić information content (AvgIpc) is 2.90. The highest BCUT2D eigenvalue weighted by atomic mass is 14.9. The Bertz CT molecular complexity index is 439. The van der Waals surface area contributed by atoms with E-state index in [9.17, 15) is 0 Å². The van der Waals surface area contributed by atoms with E-state index in [0.717, 1.165) is 25.6 Å². The third-order valence-electron chi connectivity index (χ3n) is 3.69. The molecule has 2 heterocycles. The monoisotopic (exact) mass is 242 g/mol. The molecule has 1 saturated heterocycles. The molecule has 0 amide bonds. The van der Waals surface area contributed by atoms with Crippen LogP contribution in [0.3, 0.4) is 0 Å². The van der Waals surface area contributed by atoms with Crippen LogP contribution in [0.1, 0.15) is 25.8 Å². The first-order valence-electron chi connectivity index (χ1n) is 6.44. The van der Waals surface area contributed by atoms with Crippen LogP contribution in [0, 0.1) is 5.92 Å². The molecule has 0 aliphatic carbocycles. The maximum atomic E-state index is 4.67. The standard InChI is InChI=1S/C15H18N2.CH4/c1-2-4-13(5-3-1)15-10-14(11-17-15)12-6-8-16-9-7-12;/h1-5,10,12,16H,6-9,11H2;1H4. The van der Waals surface area contributed by atoms with Crippen LogP contribution in [0.2, 0.25) is 0 Å². The summed E-state index contributed by atoms with van der Waals surface area (Å²) in [5.74, 6) is 0.751. The summed E-state index contributed by atoms with van der Waals surface area (Å²) in [6.07, 6.45) is 4.85. The van der Waals surface area contributed by atoms with Crippen LogP contribution in [0.5, 0.6) is 0 Å². The lowest BCUT2D eigenvalue weighted by Gasteiger charge is -2.23. The van der Waals surface area contributed by atoms with Gasteiger partial charge in [0.1, 0.15) is 0 Å². The number of rotatable bonds is 2. The fourth-order valence-corrected chi connectivity index (χ4v) is 2.67. The van der Waals surface area contributed by atoms with Crippen LogP contribution in [-0.2, 0) is 0 Å². The zero-order valence-electron chi connectivity index (χ0n) is 10.0. The number of aliphatic imine (C=N–C) groups is 1. The molecule has 2 aliphatic rings. The van der Waals surface area contributed by atoms with E-state index < -0.39 is 0 Å². The van der Waals surface area contributed by atoms with E-state index in [4.69, 9.17) is 0 Å². The molecule has 3 rings (SSSR count). The Hall–Kier alpha value is -1.41. The highest BCUT2D eigenvalue weighted by molar-refractivity contribution is 6.10. The van der Waals surface area contributed by atoms with Crippen LogP contribution >= 0.6 is 0 Å². The van der Waals surface area contributed by atoms with Crippen molar-refractivity contribution in [3.05, 3.63) is 47.5 Å². The third-order valence-corrected chi connectivity index (χ3v) is 3.69. The fraction of sp³-hybridized carbons (Fsp3) is 0.438. The summed E-state index contributed by atoms with van der Waals surface area (Å²) in [5.41, 5.74) is 3.95. The number of nitrogens with zero attached hydrogens (tertiary/aromatic N) is 1. The molecule has 1 aromatic carbocycles. The Kier molecular flexibility index (Phi) is 4.32. The van der Waals surface area contributed by atoms with Crippen LogP contribution < -0.4 is 5.32 Å². The van der Waals surface area contributed by atoms with E-state index in [0.29, 0.717) is 0 Å². The number of piperidine rings is 1. The van der Waals surface area contributed by atoms with Crippen molar-refractivity contribution in [1.82, 2.24) is 5.32 Å². The first-order valence-corrected chi connectivity index (χ1v) is 6.44. The summed E-state index contributed by atoms with van der Waals surface area (Å²) < 4.78 is 0. The topological polar surface area (TPSA) is 24.4 Å². The summed E-state index contributed by atoms with van der Waals surface area (Å²) in [6.45, 7) is 3.22. The Morgan fingerprint density at radius 2 is 1.78 bits per heavy atom. The van der Waals surface area contributed by atoms with Crippen molar-refractivity contribution in [2.75, 3.05) is 19.6 Å². The fourth-order valence-electron chi connectivity index (χ4n) is 2.67. The van der Waals surface area contributed by atoms with Crippen molar-refractivity contribution < 1.29 is 0 Å². The van der Waals surface area contributed by atoms with Crippen molar-refractivity contribution in [2.45, 2.75) is 20.3 Å². The number of hydrogen-bond acceptors (Lipinski definition) is 2. The average molecular weight is 242 g/mol. The second kappa shape index (κ2) is 5.96. The molecule has 1 N–H and O–H groups in total. The molecule has 0 atom stereocenters. The molecular formula is C16H22N2. The predicted octanol–water partition coefficient (Wildman–Crippen LogP) is 3.05. The zero-order chi connectivity index (χ0) is 11.5. The smallest absolute Gasteiger partial charge is 0.0650 e. The number of hydrogen-bond donors (Lipinski definition) is 1. The molecule has 0 unspecified atom stereocenters. The van der Waals surface area contributed by atoms with Gasteiger partial charge in [-0.15, -0.1) is 0 Å². The van der Waals surface area contributed by atoms with Gasteiger partial charge in [0.05, 0.1) is 12.3 Å². The molecule has 0 spiro atoms. The van der Waals surface area contributed by atoms with Crippen molar-refractivity contribution >= 4 is 5.71 Å². The molecule has 18 heavy (non-hydrogen) atoms. The second-order valence-electron chi connectivity index (χ2n) is 4.81. The third kappa shape index (κ3) is 2.70. The van der Waals surface area contributed by atoms with Crippen molar-refractivity contribution in [1.29, 1.82) is 0 Å². The van der Waals surface area contributed by atoms with Crippen LogP contribution in [0.4, 0.5) is 0 Å². The minimum absolute atomic E-state index is 0. The van der Waals surface area contributed by atoms with Gasteiger partial charge in [0.15, 0.2) is 0 Å². The van der Waals surface area contributed by atoms with Crippen molar-refractivity contribution in [3.8, 4) is 0 Å². The van der Waals surface area contributed by atoms with Gasteiger partial charge >= 0.3 is 0 Å². The first kappa shape index (κ1) is 13.0. The number of nitrogens with one attached hydrogen (secondary N) is 1. The maximum Gasteiger partial charge on any atom is 0.0650 e. The van der Waals surface area contributed by atoms with Crippen LogP contribution in [0.25, 0.3) is 0 Å². The van der Waals surface area contributed by atoms with Gasteiger partial charge in [-0.2, -0.15) is 0 Å². The van der Waals surface area contributed by atoms with Crippen LogP contribution in [0.15, 0.2) is 47.0 Å². The normalized spacial score (nSPS) is 20.0. The summed E-state index contributed by atoms with van der Waals surface area (Å²) >= 11 is 0. The molecule has 1 fully saturated rings. The summed E-state index contributed by atoms with van der Waals surface area (Å²) in [6, 6.07) is 10.5. The minimum atomic E-state index is 0. The van der Waals surface area contributed by atoms with Crippen LogP contribution in [-0.4, -0.2) is 25.3 Å². The highest BCUT2D eigenvalue weighted by Gasteiger charge is 2.20. The van der Waals surface area contributed by atoms with Gasteiger partial charge < -0.3 is 5.32 Å². The molecule has 0 radical (unpaired) electrons. The molecule has 2 heteroatoms. The Morgan fingerprint density at radius 1 is 1.06 bits per heavy atom. The van der Waals surface area contributed by atoms with Crippen molar-refractivity contribution in [3.63, 3.8) is 0 Å². The molecule has 96 valence electrons. The quantitative estimate of drug-likeness (QED) is 0.847. The zero-order valence-corrected chi connectivity index (χ0v) is 10.0. The van der Waals surface area contributed by atoms with E-state index in [1.54, 1.807) is 0 Å². The Labute approximate surface area is 110 Å². The van der Waals surface area contributed by atoms with Gasteiger partial charge in [0, 0.05) is 0 Å². The molecule has 0 bridgehead atoms.